The Bertz CT molecular complexity index is 1210. The predicted octanol–water partition coefficient (Wildman–Crippen LogP) is 5.13. The van der Waals surface area contributed by atoms with Crippen molar-refractivity contribution >= 4 is 16.7 Å². The summed E-state index contributed by atoms with van der Waals surface area (Å²) in [5, 5.41) is 13.8. The van der Waals surface area contributed by atoms with E-state index in [-0.39, 0.29) is 24.5 Å². The molecule has 2 fully saturated rings. The highest BCUT2D eigenvalue weighted by Crippen LogP contribution is 2.51. The van der Waals surface area contributed by atoms with E-state index >= 15 is 0 Å². The zero-order chi connectivity index (χ0) is 24.4. The SMILES string of the molecule is COc1ccc(OC)c([C@@H]2[C@@H]3CCCC[C@]3(O)CCN2C(=O)COc2ccc3ccccc3c2)c1. The Balaban J connectivity index is 1.44. The average Bonchev–Trinajstić information content (AvgIpc) is 2.90. The maximum atomic E-state index is 13.6. The molecule has 184 valence electrons. The number of methoxy groups -OCH3 is 2. The summed E-state index contributed by atoms with van der Waals surface area (Å²) in [6.07, 6.45) is 4.23. The molecule has 0 spiro atoms. The van der Waals surface area contributed by atoms with Crippen LogP contribution in [0.4, 0.5) is 0 Å². The van der Waals surface area contributed by atoms with Gasteiger partial charge in [0.25, 0.3) is 5.91 Å². The molecule has 1 N–H and O–H groups in total. The van der Waals surface area contributed by atoms with E-state index in [4.69, 9.17) is 14.2 Å². The van der Waals surface area contributed by atoms with Crippen molar-refractivity contribution in [1.82, 2.24) is 4.90 Å². The van der Waals surface area contributed by atoms with E-state index in [1.54, 1.807) is 14.2 Å². The van der Waals surface area contributed by atoms with Gasteiger partial charge in [-0.05, 0) is 60.4 Å². The fraction of sp³-hybridized carbons (Fsp3) is 0.414. The van der Waals surface area contributed by atoms with Gasteiger partial charge in [0.1, 0.15) is 17.2 Å². The molecule has 0 radical (unpaired) electrons. The molecule has 6 nitrogen and oxygen atoms in total. The molecule has 0 aromatic heterocycles. The van der Waals surface area contributed by atoms with Gasteiger partial charge in [-0.3, -0.25) is 4.79 Å². The van der Waals surface area contributed by atoms with Crippen molar-refractivity contribution in [2.45, 2.75) is 43.7 Å². The van der Waals surface area contributed by atoms with E-state index in [1.165, 1.54) is 0 Å². The summed E-state index contributed by atoms with van der Waals surface area (Å²) in [7, 11) is 3.26. The lowest BCUT2D eigenvalue weighted by Gasteiger charge is -2.52. The normalized spacial score (nSPS) is 24.0. The van der Waals surface area contributed by atoms with Gasteiger partial charge < -0.3 is 24.2 Å². The molecule has 0 bridgehead atoms. The number of carbonyl (C=O) groups excluding carboxylic acids is 1. The number of carbonyl (C=O) groups is 1. The molecule has 1 saturated carbocycles. The van der Waals surface area contributed by atoms with E-state index in [1.807, 2.05) is 59.5 Å². The molecule has 1 amide bonds. The summed E-state index contributed by atoms with van der Waals surface area (Å²) in [4.78, 5) is 15.5. The van der Waals surface area contributed by atoms with Gasteiger partial charge in [-0.15, -0.1) is 0 Å². The zero-order valence-corrected chi connectivity index (χ0v) is 20.4. The quantitative estimate of drug-likeness (QED) is 0.535. The van der Waals surface area contributed by atoms with E-state index in [2.05, 4.69) is 6.07 Å². The van der Waals surface area contributed by atoms with Crippen LogP contribution in [0.3, 0.4) is 0 Å². The molecule has 1 heterocycles. The van der Waals surface area contributed by atoms with Crippen LogP contribution in [0.5, 0.6) is 17.2 Å². The van der Waals surface area contributed by atoms with Crippen LogP contribution in [-0.2, 0) is 4.79 Å². The molecule has 3 aromatic carbocycles. The van der Waals surface area contributed by atoms with Crippen molar-refractivity contribution in [3.05, 3.63) is 66.2 Å². The number of piperidine rings is 1. The molecule has 5 rings (SSSR count). The van der Waals surface area contributed by atoms with Gasteiger partial charge in [0, 0.05) is 18.0 Å². The largest absolute Gasteiger partial charge is 0.497 e. The van der Waals surface area contributed by atoms with Crippen LogP contribution in [-0.4, -0.2) is 48.9 Å². The fourth-order valence-electron chi connectivity index (χ4n) is 5.90. The maximum Gasteiger partial charge on any atom is 0.261 e. The van der Waals surface area contributed by atoms with E-state index < -0.39 is 5.60 Å². The van der Waals surface area contributed by atoms with Crippen molar-refractivity contribution in [2.24, 2.45) is 5.92 Å². The van der Waals surface area contributed by atoms with Crippen LogP contribution >= 0.6 is 0 Å². The lowest BCUT2D eigenvalue weighted by molar-refractivity contribution is -0.157. The lowest BCUT2D eigenvalue weighted by Crippen LogP contribution is -2.57. The van der Waals surface area contributed by atoms with Gasteiger partial charge in [-0.2, -0.15) is 0 Å². The lowest BCUT2D eigenvalue weighted by atomic mass is 9.66. The van der Waals surface area contributed by atoms with Gasteiger partial charge in [-0.1, -0.05) is 43.2 Å². The summed E-state index contributed by atoms with van der Waals surface area (Å²) < 4.78 is 17.2. The van der Waals surface area contributed by atoms with Crippen molar-refractivity contribution < 1.29 is 24.1 Å². The highest BCUT2D eigenvalue weighted by molar-refractivity contribution is 5.84. The van der Waals surface area contributed by atoms with Crippen LogP contribution < -0.4 is 14.2 Å². The van der Waals surface area contributed by atoms with Gasteiger partial charge in [-0.25, -0.2) is 0 Å². The number of hydrogen-bond acceptors (Lipinski definition) is 5. The average molecular weight is 476 g/mol. The van der Waals surface area contributed by atoms with Crippen molar-refractivity contribution in [3.63, 3.8) is 0 Å². The Morgan fingerprint density at radius 1 is 0.971 bits per heavy atom. The van der Waals surface area contributed by atoms with E-state index in [0.29, 0.717) is 30.2 Å². The van der Waals surface area contributed by atoms with Gasteiger partial charge in [0.05, 0.1) is 25.9 Å². The highest BCUT2D eigenvalue weighted by atomic mass is 16.5. The summed E-state index contributed by atoms with van der Waals surface area (Å²) in [6.45, 7) is 0.407. The summed E-state index contributed by atoms with van der Waals surface area (Å²) >= 11 is 0. The Kier molecular flexibility index (Phi) is 6.56. The van der Waals surface area contributed by atoms with Crippen molar-refractivity contribution in [2.75, 3.05) is 27.4 Å². The topological polar surface area (TPSA) is 68.2 Å². The first-order valence-electron chi connectivity index (χ1n) is 12.4. The van der Waals surface area contributed by atoms with Crippen molar-refractivity contribution in [3.8, 4) is 17.2 Å². The molecule has 3 atom stereocenters. The predicted molar refractivity (Wildman–Crippen MR) is 135 cm³/mol. The number of nitrogens with zero attached hydrogens (tertiary/aromatic N) is 1. The molecular formula is C29H33NO5. The monoisotopic (exact) mass is 475 g/mol. The Morgan fingerprint density at radius 3 is 2.57 bits per heavy atom. The number of ether oxygens (including phenoxy) is 3. The molecule has 0 unspecified atom stereocenters. The second-order valence-electron chi connectivity index (χ2n) is 9.64. The molecule has 6 heteroatoms. The number of rotatable bonds is 6. The number of amides is 1. The minimum absolute atomic E-state index is 0.0632. The molecule has 1 saturated heterocycles. The van der Waals surface area contributed by atoms with E-state index in [0.717, 1.165) is 42.0 Å². The minimum Gasteiger partial charge on any atom is -0.497 e. The molecule has 1 aliphatic carbocycles. The molecule has 3 aromatic rings. The first-order chi connectivity index (χ1) is 17.0. The number of likely N-dealkylation sites (tertiary alicyclic amines) is 1. The second kappa shape index (κ2) is 9.78. The third-order valence-corrected chi connectivity index (χ3v) is 7.73. The Hall–Kier alpha value is -3.25. The third kappa shape index (κ3) is 4.55. The Labute approximate surface area is 206 Å². The number of hydrogen-bond donors (Lipinski definition) is 1. The first kappa shape index (κ1) is 23.5. The highest BCUT2D eigenvalue weighted by Gasteiger charge is 2.51. The van der Waals surface area contributed by atoms with Crippen molar-refractivity contribution in [1.29, 1.82) is 0 Å². The summed E-state index contributed by atoms with van der Waals surface area (Å²) in [5.41, 5.74) is 0.0865. The van der Waals surface area contributed by atoms with Crippen LogP contribution in [0.2, 0.25) is 0 Å². The van der Waals surface area contributed by atoms with E-state index in [9.17, 15) is 9.90 Å². The standard InChI is InChI=1S/C29H33NO5/c1-33-22-12-13-26(34-2)24(18-22)28-25-9-5-6-14-29(25,32)15-16-30(28)27(31)19-35-23-11-10-20-7-3-4-8-21(20)17-23/h3-4,7-8,10-13,17-18,25,28,32H,5-6,9,14-16,19H2,1-2H3/t25-,28+,29-/m0/s1. The van der Waals surface area contributed by atoms with Crippen LogP contribution in [0.15, 0.2) is 60.7 Å². The third-order valence-electron chi connectivity index (χ3n) is 7.73. The zero-order valence-electron chi connectivity index (χ0n) is 20.4. The minimum atomic E-state index is -0.785. The number of fused-ring (bicyclic) bond motifs is 2. The van der Waals surface area contributed by atoms with Crippen LogP contribution in [0, 0.1) is 5.92 Å². The molecule has 35 heavy (non-hydrogen) atoms. The van der Waals surface area contributed by atoms with Gasteiger partial charge >= 0.3 is 0 Å². The molecule has 2 aliphatic rings. The number of benzene rings is 3. The van der Waals surface area contributed by atoms with Gasteiger partial charge in [0.2, 0.25) is 0 Å². The Morgan fingerprint density at radius 2 is 1.77 bits per heavy atom. The van der Waals surface area contributed by atoms with Gasteiger partial charge in [0.15, 0.2) is 6.61 Å². The molecule has 1 aliphatic heterocycles. The fourth-order valence-corrected chi connectivity index (χ4v) is 5.90. The second-order valence-corrected chi connectivity index (χ2v) is 9.64. The van der Waals surface area contributed by atoms with Crippen LogP contribution in [0.25, 0.3) is 10.8 Å². The summed E-state index contributed by atoms with van der Waals surface area (Å²) in [5.74, 6) is 1.89. The molecular weight excluding hydrogens is 442 g/mol. The van der Waals surface area contributed by atoms with Crippen LogP contribution in [0.1, 0.15) is 43.7 Å². The number of aliphatic hydroxyl groups is 1. The maximum absolute atomic E-state index is 13.6. The smallest absolute Gasteiger partial charge is 0.261 e. The summed E-state index contributed by atoms with van der Waals surface area (Å²) in [6, 6.07) is 19.3. The first-order valence-corrected chi connectivity index (χ1v) is 12.4.